The third-order valence-electron chi connectivity index (χ3n) is 4.18. The van der Waals surface area contributed by atoms with Gasteiger partial charge in [0.2, 0.25) is 0 Å². The van der Waals surface area contributed by atoms with E-state index in [0.29, 0.717) is 11.3 Å². The standard InChI is InChI=1S/C21H27NO2S/c1-15(17-9-11-19(12-10-17)21(2,3)4)22-20(23)18-8-6-7-16(13-18)14-25(5)24/h6-13,15H,14H2,1-5H3,(H,22,23). The largest absolute Gasteiger partial charge is 0.346 e. The highest BCUT2D eigenvalue weighted by atomic mass is 32.2. The molecule has 0 aliphatic rings. The van der Waals surface area contributed by atoms with Crippen molar-refractivity contribution in [3.8, 4) is 0 Å². The average Bonchev–Trinajstić information content (AvgIpc) is 2.53. The molecule has 2 aromatic rings. The molecule has 0 radical (unpaired) electrons. The Kier molecular flexibility index (Phi) is 6.17. The van der Waals surface area contributed by atoms with Crippen molar-refractivity contribution in [2.45, 2.75) is 44.9 Å². The van der Waals surface area contributed by atoms with Crippen LogP contribution in [-0.4, -0.2) is 16.4 Å². The van der Waals surface area contributed by atoms with Crippen LogP contribution in [0.15, 0.2) is 48.5 Å². The first-order chi connectivity index (χ1) is 11.7. The summed E-state index contributed by atoms with van der Waals surface area (Å²) in [6.07, 6.45) is 1.66. The zero-order valence-electron chi connectivity index (χ0n) is 15.6. The van der Waals surface area contributed by atoms with Crippen LogP contribution in [0, 0.1) is 0 Å². The van der Waals surface area contributed by atoms with Crippen LogP contribution in [0.1, 0.15) is 60.8 Å². The van der Waals surface area contributed by atoms with Gasteiger partial charge in [-0.3, -0.25) is 9.00 Å². The SMILES string of the molecule is CC(NC(=O)c1cccc(CS(C)=O)c1)c1ccc(C(C)(C)C)cc1. The predicted octanol–water partition coefficient (Wildman–Crippen LogP) is 4.35. The molecule has 3 nitrogen and oxygen atoms in total. The lowest BCUT2D eigenvalue weighted by Crippen LogP contribution is -2.26. The van der Waals surface area contributed by atoms with Crippen molar-refractivity contribution in [2.75, 3.05) is 6.26 Å². The van der Waals surface area contributed by atoms with E-state index in [1.165, 1.54) is 5.56 Å². The minimum absolute atomic E-state index is 0.0783. The molecular weight excluding hydrogens is 330 g/mol. The molecule has 1 amide bonds. The van der Waals surface area contributed by atoms with Crippen LogP contribution in [0.25, 0.3) is 0 Å². The van der Waals surface area contributed by atoms with Crippen molar-refractivity contribution in [2.24, 2.45) is 0 Å². The third kappa shape index (κ3) is 5.53. The molecule has 0 saturated heterocycles. The average molecular weight is 358 g/mol. The lowest BCUT2D eigenvalue weighted by molar-refractivity contribution is 0.0939. The molecule has 134 valence electrons. The summed E-state index contributed by atoms with van der Waals surface area (Å²) < 4.78 is 11.4. The van der Waals surface area contributed by atoms with Crippen molar-refractivity contribution in [3.63, 3.8) is 0 Å². The number of carbonyl (C=O) groups is 1. The van der Waals surface area contributed by atoms with Gasteiger partial charge in [-0.25, -0.2) is 0 Å². The second-order valence-electron chi connectivity index (χ2n) is 7.49. The second kappa shape index (κ2) is 7.96. The summed E-state index contributed by atoms with van der Waals surface area (Å²) in [4.78, 5) is 12.5. The quantitative estimate of drug-likeness (QED) is 0.864. The molecule has 0 saturated carbocycles. The topological polar surface area (TPSA) is 46.2 Å². The van der Waals surface area contributed by atoms with Gasteiger partial charge in [-0.2, -0.15) is 0 Å². The van der Waals surface area contributed by atoms with E-state index < -0.39 is 10.8 Å². The number of benzene rings is 2. The molecule has 1 N–H and O–H groups in total. The molecule has 0 aliphatic heterocycles. The van der Waals surface area contributed by atoms with Gasteiger partial charge in [0.1, 0.15) is 0 Å². The Hall–Kier alpha value is -1.94. The Morgan fingerprint density at radius 3 is 2.32 bits per heavy atom. The van der Waals surface area contributed by atoms with Crippen LogP contribution in [0.4, 0.5) is 0 Å². The maximum Gasteiger partial charge on any atom is 0.251 e. The fourth-order valence-corrected chi connectivity index (χ4v) is 3.32. The zero-order chi connectivity index (χ0) is 18.6. The highest BCUT2D eigenvalue weighted by Crippen LogP contribution is 2.24. The fourth-order valence-electron chi connectivity index (χ4n) is 2.67. The van der Waals surface area contributed by atoms with E-state index in [4.69, 9.17) is 0 Å². The van der Waals surface area contributed by atoms with Gasteiger partial charge in [0, 0.05) is 28.4 Å². The minimum Gasteiger partial charge on any atom is -0.346 e. The number of nitrogens with one attached hydrogen (secondary N) is 1. The van der Waals surface area contributed by atoms with E-state index in [1.807, 2.05) is 25.1 Å². The van der Waals surface area contributed by atoms with E-state index >= 15 is 0 Å². The predicted molar refractivity (Wildman–Crippen MR) is 105 cm³/mol. The Labute approximate surface area is 153 Å². The summed E-state index contributed by atoms with van der Waals surface area (Å²) in [6, 6.07) is 15.6. The monoisotopic (exact) mass is 357 g/mol. The Morgan fingerprint density at radius 1 is 1.12 bits per heavy atom. The van der Waals surface area contributed by atoms with E-state index in [2.05, 4.69) is 50.4 Å². The van der Waals surface area contributed by atoms with Crippen molar-refractivity contribution in [1.82, 2.24) is 5.32 Å². The van der Waals surface area contributed by atoms with E-state index in [0.717, 1.165) is 11.1 Å². The molecule has 2 rings (SSSR count). The lowest BCUT2D eigenvalue weighted by Gasteiger charge is -2.21. The minimum atomic E-state index is -0.920. The summed E-state index contributed by atoms with van der Waals surface area (Å²) in [6.45, 7) is 8.53. The van der Waals surface area contributed by atoms with Gasteiger partial charge in [0.25, 0.3) is 5.91 Å². The molecule has 2 aromatic carbocycles. The second-order valence-corrected chi connectivity index (χ2v) is 8.92. The number of carbonyl (C=O) groups excluding carboxylic acids is 1. The van der Waals surface area contributed by atoms with Gasteiger partial charge in [-0.15, -0.1) is 0 Å². The first-order valence-corrected chi connectivity index (χ1v) is 10.2. The van der Waals surface area contributed by atoms with Gasteiger partial charge in [0.15, 0.2) is 0 Å². The number of hydrogen-bond acceptors (Lipinski definition) is 2. The van der Waals surface area contributed by atoms with Gasteiger partial charge in [-0.05, 0) is 41.2 Å². The summed E-state index contributed by atoms with van der Waals surface area (Å²) in [5, 5.41) is 3.04. The van der Waals surface area contributed by atoms with Crippen LogP contribution in [0.5, 0.6) is 0 Å². The molecule has 0 fully saturated rings. The molecular formula is C21H27NO2S. The molecule has 0 spiro atoms. The van der Waals surface area contributed by atoms with Crippen LogP contribution < -0.4 is 5.32 Å². The molecule has 0 bridgehead atoms. The van der Waals surface area contributed by atoms with Crippen LogP contribution >= 0.6 is 0 Å². The molecule has 25 heavy (non-hydrogen) atoms. The van der Waals surface area contributed by atoms with Gasteiger partial charge in [0.05, 0.1) is 6.04 Å². The molecule has 0 aliphatic carbocycles. The summed E-state index contributed by atoms with van der Waals surface area (Å²) in [5.74, 6) is 0.349. The lowest BCUT2D eigenvalue weighted by atomic mass is 9.86. The van der Waals surface area contributed by atoms with Crippen molar-refractivity contribution in [3.05, 3.63) is 70.8 Å². The Morgan fingerprint density at radius 2 is 1.76 bits per heavy atom. The van der Waals surface area contributed by atoms with E-state index in [1.54, 1.807) is 12.3 Å². The number of rotatable bonds is 5. The summed E-state index contributed by atoms with van der Waals surface area (Å²) >= 11 is 0. The smallest absolute Gasteiger partial charge is 0.251 e. The highest BCUT2D eigenvalue weighted by Gasteiger charge is 2.15. The first-order valence-electron chi connectivity index (χ1n) is 8.47. The maximum absolute atomic E-state index is 12.5. The number of hydrogen-bond donors (Lipinski definition) is 1. The van der Waals surface area contributed by atoms with E-state index in [-0.39, 0.29) is 17.4 Å². The van der Waals surface area contributed by atoms with E-state index in [9.17, 15) is 9.00 Å². The van der Waals surface area contributed by atoms with Crippen LogP contribution in [0.3, 0.4) is 0 Å². The molecule has 0 heterocycles. The molecule has 2 unspecified atom stereocenters. The molecule has 4 heteroatoms. The highest BCUT2D eigenvalue weighted by molar-refractivity contribution is 7.83. The van der Waals surface area contributed by atoms with Crippen LogP contribution in [-0.2, 0) is 22.0 Å². The van der Waals surface area contributed by atoms with Crippen LogP contribution in [0.2, 0.25) is 0 Å². The van der Waals surface area contributed by atoms with Gasteiger partial charge in [-0.1, -0.05) is 57.2 Å². The van der Waals surface area contributed by atoms with Crippen molar-refractivity contribution < 1.29 is 9.00 Å². The molecule has 2 atom stereocenters. The van der Waals surface area contributed by atoms with Crippen molar-refractivity contribution in [1.29, 1.82) is 0 Å². The Balaban J connectivity index is 2.08. The van der Waals surface area contributed by atoms with Crippen molar-refractivity contribution >= 4 is 16.7 Å². The maximum atomic E-state index is 12.5. The molecule has 0 aromatic heterocycles. The Bertz CT molecular complexity index is 760. The fraction of sp³-hybridized carbons (Fsp3) is 0.381. The first kappa shape index (κ1) is 19.4. The summed E-state index contributed by atoms with van der Waals surface area (Å²) in [5.41, 5.74) is 3.98. The third-order valence-corrected chi connectivity index (χ3v) is 4.92. The summed E-state index contributed by atoms with van der Waals surface area (Å²) in [7, 11) is -0.920. The van der Waals surface area contributed by atoms with Gasteiger partial charge >= 0.3 is 0 Å². The van der Waals surface area contributed by atoms with Gasteiger partial charge < -0.3 is 5.32 Å². The zero-order valence-corrected chi connectivity index (χ0v) is 16.4. The number of amides is 1. The normalized spacial score (nSPS) is 14.0.